The molecule has 3 aromatic carbocycles. The molecule has 4 aromatic rings. The van der Waals surface area contributed by atoms with Gasteiger partial charge in [-0.3, -0.25) is 14.9 Å². The number of hydrogen-bond donors (Lipinski definition) is 1. The van der Waals surface area contributed by atoms with Crippen molar-refractivity contribution in [3.05, 3.63) is 100 Å². The highest BCUT2D eigenvalue weighted by atomic mass is 16.6. The first-order chi connectivity index (χ1) is 15.4. The van der Waals surface area contributed by atoms with Crippen LogP contribution in [0.5, 0.6) is 5.75 Å². The fourth-order valence-corrected chi connectivity index (χ4v) is 3.21. The van der Waals surface area contributed by atoms with Crippen LogP contribution < -0.4 is 10.1 Å². The lowest BCUT2D eigenvalue weighted by Gasteiger charge is -2.08. The molecular weight excluding hydrogens is 408 g/mol. The summed E-state index contributed by atoms with van der Waals surface area (Å²) >= 11 is 0. The summed E-state index contributed by atoms with van der Waals surface area (Å²) in [5.41, 5.74) is 3.61. The van der Waals surface area contributed by atoms with Gasteiger partial charge in [0, 0.05) is 23.4 Å². The lowest BCUT2D eigenvalue weighted by molar-refractivity contribution is -0.384. The zero-order chi connectivity index (χ0) is 22.7. The molecule has 1 heterocycles. The number of carbonyl (C=O) groups is 1. The molecule has 160 valence electrons. The van der Waals surface area contributed by atoms with E-state index in [1.54, 1.807) is 37.4 Å². The Morgan fingerprint density at radius 3 is 2.41 bits per heavy atom. The van der Waals surface area contributed by atoms with Gasteiger partial charge in [0.1, 0.15) is 11.4 Å². The Balaban J connectivity index is 1.78. The number of ether oxygens (including phenoxy) is 1. The Labute approximate surface area is 184 Å². The van der Waals surface area contributed by atoms with Crippen molar-refractivity contribution >= 4 is 17.3 Å². The lowest BCUT2D eigenvalue weighted by Crippen LogP contribution is -2.17. The van der Waals surface area contributed by atoms with Crippen molar-refractivity contribution in [1.29, 1.82) is 0 Å². The number of non-ortho nitro benzene ring substituents is 1. The number of hydrogen-bond acceptors (Lipinski definition) is 5. The fourth-order valence-electron chi connectivity index (χ4n) is 3.21. The minimum absolute atomic E-state index is 0.0890. The van der Waals surface area contributed by atoms with E-state index < -0.39 is 4.92 Å². The van der Waals surface area contributed by atoms with Crippen LogP contribution in [0.15, 0.2) is 78.9 Å². The number of carbonyl (C=O) groups excluding carboxylic acids is 1. The van der Waals surface area contributed by atoms with E-state index in [-0.39, 0.29) is 17.3 Å². The average molecular weight is 428 g/mol. The summed E-state index contributed by atoms with van der Waals surface area (Å²) in [6.07, 6.45) is 0. The summed E-state index contributed by atoms with van der Waals surface area (Å²) in [6.45, 7) is 1.96. The van der Waals surface area contributed by atoms with Gasteiger partial charge in [0.15, 0.2) is 0 Å². The van der Waals surface area contributed by atoms with Gasteiger partial charge in [0.25, 0.3) is 11.6 Å². The monoisotopic (exact) mass is 428 g/mol. The number of nitro groups is 1. The second-order valence-electron chi connectivity index (χ2n) is 7.15. The molecular formula is C24H20N4O4. The number of nitrogens with zero attached hydrogens (tertiary/aromatic N) is 3. The molecule has 0 fully saturated rings. The van der Waals surface area contributed by atoms with Gasteiger partial charge in [0.2, 0.25) is 0 Å². The van der Waals surface area contributed by atoms with Gasteiger partial charge in [0.05, 0.1) is 23.4 Å². The molecule has 4 rings (SSSR count). The third kappa shape index (κ3) is 4.34. The molecule has 0 bridgehead atoms. The van der Waals surface area contributed by atoms with E-state index >= 15 is 0 Å². The minimum atomic E-state index is -0.483. The van der Waals surface area contributed by atoms with Crippen molar-refractivity contribution in [1.82, 2.24) is 9.78 Å². The van der Waals surface area contributed by atoms with Crippen molar-refractivity contribution in [2.24, 2.45) is 0 Å². The summed E-state index contributed by atoms with van der Waals surface area (Å²) in [7, 11) is 1.58. The second-order valence-corrected chi connectivity index (χ2v) is 7.15. The molecule has 8 heteroatoms. The van der Waals surface area contributed by atoms with Crippen molar-refractivity contribution in [3.8, 4) is 22.7 Å². The smallest absolute Gasteiger partial charge is 0.274 e. The first-order valence-electron chi connectivity index (χ1n) is 9.82. The highest BCUT2D eigenvalue weighted by molar-refractivity contribution is 6.04. The Bertz CT molecular complexity index is 1280. The molecule has 0 saturated heterocycles. The highest BCUT2D eigenvalue weighted by Crippen LogP contribution is 2.26. The third-order valence-corrected chi connectivity index (χ3v) is 4.92. The molecule has 0 aliphatic rings. The molecule has 32 heavy (non-hydrogen) atoms. The number of methoxy groups -OCH3 is 1. The molecule has 0 saturated carbocycles. The zero-order valence-corrected chi connectivity index (χ0v) is 17.5. The van der Waals surface area contributed by atoms with Gasteiger partial charge in [-0.1, -0.05) is 23.8 Å². The van der Waals surface area contributed by atoms with Gasteiger partial charge in [-0.05, 0) is 55.5 Å². The number of aromatic nitrogens is 2. The third-order valence-electron chi connectivity index (χ3n) is 4.92. The molecule has 0 atom stereocenters. The maximum atomic E-state index is 13.1. The van der Waals surface area contributed by atoms with Crippen LogP contribution in [0.25, 0.3) is 16.9 Å². The Morgan fingerprint density at radius 2 is 1.75 bits per heavy atom. The van der Waals surface area contributed by atoms with E-state index in [0.29, 0.717) is 22.8 Å². The van der Waals surface area contributed by atoms with Crippen LogP contribution in [0.2, 0.25) is 0 Å². The van der Waals surface area contributed by atoms with Crippen LogP contribution in [0.1, 0.15) is 16.1 Å². The molecule has 1 N–H and O–H groups in total. The van der Waals surface area contributed by atoms with E-state index in [1.807, 2.05) is 43.3 Å². The van der Waals surface area contributed by atoms with Gasteiger partial charge < -0.3 is 10.1 Å². The Kier molecular flexibility index (Phi) is 5.67. The molecule has 0 radical (unpaired) electrons. The van der Waals surface area contributed by atoms with E-state index in [1.165, 1.54) is 16.8 Å². The number of nitro benzene ring substituents is 1. The topological polar surface area (TPSA) is 99.3 Å². The molecule has 0 spiro atoms. The maximum absolute atomic E-state index is 13.1. The summed E-state index contributed by atoms with van der Waals surface area (Å²) < 4.78 is 6.61. The summed E-state index contributed by atoms with van der Waals surface area (Å²) in [5, 5.41) is 18.7. The molecule has 8 nitrogen and oxygen atoms in total. The predicted octanol–water partition coefficient (Wildman–Crippen LogP) is 5.02. The largest absolute Gasteiger partial charge is 0.497 e. The number of amides is 1. The molecule has 0 aliphatic heterocycles. The Morgan fingerprint density at radius 1 is 1.03 bits per heavy atom. The summed E-state index contributed by atoms with van der Waals surface area (Å²) in [6, 6.07) is 22.3. The van der Waals surface area contributed by atoms with E-state index in [2.05, 4.69) is 10.4 Å². The second kappa shape index (κ2) is 8.73. The van der Waals surface area contributed by atoms with Crippen LogP contribution >= 0.6 is 0 Å². The number of anilines is 1. The van der Waals surface area contributed by atoms with Gasteiger partial charge in [-0.2, -0.15) is 5.10 Å². The minimum Gasteiger partial charge on any atom is -0.497 e. The van der Waals surface area contributed by atoms with Crippen LogP contribution in [0.4, 0.5) is 11.4 Å². The Hall–Kier alpha value is -4.46. The number of rotatable bonds is 6. The first-order valence-corrected chi connectivity index (χ1v) is 9.82. The standard InChI is InChI=1S/C24H20N4O4/c1-16-6-10-18(11-7-16)25-24(29)23-15-22(17-8-12-21(32-2)13-9-17)26-27(23)19-4-3-5-20(14-19)28(30)31/h3-15H,1-2H3,(H,25,29). The highest BCUT2D eigenvalue weighted by Gasteiger charge is 2.19. The summed E-state index contributed by atoms with van der Waals surface area (Å²) in [4.78, 5) is 23.9. The average Bonchev–Trinajstić information content (AvgIpc) is 3.26. The van der Waals surface area contributed by atoms with E-state index in [0.717, 1.165) is 11.1 Å². The molecule has 1 amide bonds. The van der Waals surface area contributed by atoms with Crippen molar-refractivity contribution in [2.45, 2.75) is 6.92 Å². The lowest BCUT2D eigenvalue weighted by atomic mass is 10.1. The van der Waals surface area contributed by atoms with Crippen molar-refractivity contribution < 1.29 is 14.5 Å². The fraction of sp³-hybridized carbons (Fsp3) is 0.0833. The van der Waals surface area contributed by atoms with Gasteiger partial charge in [-0.25, -0.2) is 4.68 Å². The molecule has 1 aromatic heterocycles. The van der Waals surface area contributed by atoms with Crippen LogP contribution in [-0.4, -0.2) is 27.7 Å². The number of nitrogens with one attached hydrogen (secondary N) is 1. The predicted molar refractivity (Wildman–Crippen MR) is 121 cm³/mol. The quantitative estimate of drug-likeness (QED) is 0.343. The summed E-state index contributed by atoms with van der Waals surface area (Å²) in [5.74, 6) is 0.317. The van der Waals surface area contributed by atoms with Gasteiger partial charge >= 0.3 is 0 Å². The van der Waals surface area contributed by atoms with Crippen molar-refractivity contribution in [3.63, 3.8) is 0 Å². The van der Waals surface area contributed by atoms with Crippen molar-refractivity contribution in [2.75, 3.05) is 12.4 Å². The zero-order valence-electron chi connectivity index (χ0n) is 17.5. The number of aryl methyl sites for hydroxylation is 1. The molecule has 0 unspecified atom stereocenters. The van der Waals surface area contributed by atoms with Gasteiger partial charge in [-0.15, -0.1) is 0 Å². The van der Waals surface area contributed by atoms with Crippen LogP contribution in [0, 0.1) is 17.0 Å². The first kappa shape index (κ1) is 20.8. The number of benzene rings is 3. The van der Waals surface area contributed by atoms with E-state index in [4.69, 9.17) is 4.74 Å². The van der Waals surface area contributed by atoms with Crippen LogP contribution in [-0.2, 0) is 0 Å². The normalized spacial score (nSPS) is 10.6. The van der Waals surface area contributed by atoms with E-state index in [9.17, 15) is 14.9 Å². The maximum Gasteiger partial charge on any atom is 0.274 e. The SMILES string of the molecule is COc1ccc(-c2cc(C(=O)Nc3ccc(C)cc3)n(-c3cccc([N+](=O)[O-])c3)n2)cc1. The molecule has 0 aliphatic carbocycles. The van der Waals surface area contributed by atoms with Crippen LogP contribution in [0.3, 0.4) is 0 Å².